The van der Waals surface area contributed by atoms with Crippen LogP contribution >= 0.6 is 0 Å². The van der Waals surface area contributed by atoms with Crippen molar-refractivity contribution in [3.05, 3.63) is 139 Å². The first-order chi connectivity index (χ1) is 24.0. The summed E-state index contributed by atoms with van der Waals surface area (Å²) in [7, 11) is 0. The zero-order valence-electron chi connectivity index (χ0n) is 27.4. The van der Waals surface area contributed by atoms with Crippen LogP contribution < -0.4 is 0 Å². The smallest absolute Gasteiger partial charge is 0.178 e. The Labute approximate surface area is 303 Å². The van der Waals surface area contributed by atoms with Gasteiger partial charge in [-0.15, -0.1) is 29.3 Å². The molecule has 0 bridgehead atoms. The fourth-order valence-electron chi connectivity index (χ4n) is 6.91. The van der Waals surface area contributed by atoms with Gasteiger partial charge in [-0.2, -0.15) is 0 Å². The van der Waals surface area contributed by atoms with Crippen LogP contribution in [-0.2, 0) is 27.5 Å². The third-order valence-electron chi connectivity index (χ3n) is 9.05. The summed E-state index contributed by atoms with van der Waals surface area (Å²) in [5, 5.41) is 14.4. The van der Waals surface area contributed by atoms with Crippen LogP contribution in [0.4, 0.5) is 0 Å². The number of rotatable bonds is 6. The van der Waals surface area contributed by atoms with Crippen LogP contribution in [0.15, 0.2) is 132 Å². The second-order valence-corrected chi connectivity index (χ2v) is 12.9. The molecule has 0 atom stereocenters. The van der Waals surface area contributed by atoms with Gasteiger partial charge in [0.2, 0.25) is 0 Å². The molecule has 0 radical (unpaired) electrons. The molecule has 1 N–H and O–H groups in total. The molecule has 0 spiro atoms. The van der Waals surface area contributed by atoms with Gasteiger partial charge in [-0.25, -0.2) is 4.98 Å². The van der Waals surface area contributed by atoms with E-state index in [1.807, 2.05) is 66.9 Å². The third kappa shape index (κ3) is 5.37. The first-order valence-corrected chi connectivity index (χ1v) is 16.5. The summed E-state index contributed by atoms with van der Waals surface area (Å²) >= 11 is 0. The van der Waals surface area contributed by atoms with Gasteiger partial charge in [0.1, 0.15) is 28.2 Å². The molecule has 7 heteroatoms. The summed E-state index contributed by atoms with van der Waals surface area (Å²) < 4.78 is 8.61. The zero-order chi connectivity index (χ0) is 33.1. The Morgan fingerprint density at radius 3 is 2.36 bits per heavy atom. The molecule has 0 aliphatic carbocycles. The Hall–Kier alpha value is -5.58. The molecule has 0 saturated heterocycles. The number of furan rings is 1. The summed E-state index contributed by atoms with van der Waals surface area (Å²) in [6.45, 7) is 4.44. The second-order valence-electron chi connectivity index (χ2n) is 12.9. The molecule has 0 fully saturated rings. The standard InChI is InChI=1S/C43H31N4O2.Pt/c1-26(2)21-27-22-30(24-31(23-27)47-36-16-8-6-13-32(36)33-15-10-20-44-43(33)47)42-45-39-34-14-7-9-17-38(34)49-41(39)40(46-42)35-25-29(18-19-37(35)48)28-11-4-3-5-12-28;/h3-20,22-23,25-26,48H,21H2,1-2H3;/q-1;. The van der Waals surface area contributed by atoms with Crippen molar-refractivity contribution in [1.82, 2.24) is 19.5 Å². The number of phenols is 1. The molecule has 9 aromatic rings. The largest absolute Gasteiger partial charge is 0.507 e. The van der Waals surface area contributed by atoms with Crippen LogP contribution in [0.5, 0.6) is 5.75 Å². The van der Waals surface area contributed by atoms with Crippen molar-refractivity contribution in [2.45, 2.75) is 20.3 Å². The summed E-state index contributed by atoms with van der Waals surface area (Å²) in [5.41, 5.74) is 9.70. The molecule has 4 heterocycles. The Morgan fingerprint density at radius 2 is 1.52 bits per heavy atom. The molecule has 5 aromatic carbocycles. The molecule has 50 heavy (non-hydrogen) atoms. The minimum atomic E-state index is 0. The summed E-state index contributed by atoms with van der Waals surface area (Å²) in [4.78, 5) is 15.2. The predicted octanol–water partition coefficient (Wildman–Crippen LogP) is 10.6. The fraction of sp³-hybridized carbons (Fsp3) is 0.0930. The minimum Gasteiger partial charge on any atom is -0.507 e. The fourth-order valence-corrected chi connectivity index (χ4v) is 6.91. The third-order valence-corrected chi connectivity index (χ3v) is 9.05. The average molecular weight is 831 g/mol. The molecule has 0 aliphatic rings. The van der Waals surface area contributed by atoms with Crippen LogP contribution in [0, 0.1) is 12.0 Å². The zero-order valence-corrected chi connectivity index (χ0v) is 29.6. The molecule has 9 rings (SSSR count). The topological polar surface area (TPSA) is 77.0 Å². The number of nitrogens with zero attached hydrogens (tertiary/aromatic N) is 4. The van der Waals surface area contributed by atoms with Gasteiger partial charge in [-0.1, -0.05) is 80.6 Å². The number of benzene rings is 5. The molecule has 6 nitrogen and oxygen atoms in total. The Bertz CT molecular complexity index is 2640. The maximum Gasteiger partial charge on any atom is 0.178 e. The number of phenolic OH excluding ortho intramolecular Hbond substituents is 1. The molecule has 0 unspecified atom stereocenters. The van der Waals surface area contributed by atoms with E-state index in [1.54, 1.807) is 6.07 Å². The van der Waals surface area contributed by atoms with E-state index >= 15 is 0 Å². The Balaban J connectivity index is 0.00000361. The van der Waals surface area contributed by atoms with E-state index in [4.69, 9.17) is 19.4 Å². The molecule has 246 valence electrons. The van der Waals surface area contributed by atoms with Crippen LogP contribution in [0.3, 0.4) is 0 Å². The molecule has 0 saturated carbocycles. The number of fused-ring (bicyclic) bond motifs is 6. The van der Waals surface area contributed by atoms with Gasteiger partial charge < -0.3 is 14.1 Å². The van der Waals surface area contributed by atoms with Crippen LogP contribution in [0.25, 0.3) is 83.5 Å². The van der Waals surface area contributed by atoms with Crippen LogP contribution in [0.1, 0.15) is 19.4 Å². The van der Waals surface area contributed by atoms with Crippen LogP contribution in [0.2, 0.25) is 0 Å². The van der Waals surface area contributed by atoms with Gasteiger partial charge in [0.25, 0.3) is 0 Å². The quantitative estimate of drug-likeness (QED) is 0.169. The van der Waals surface area contributed by atoms with E-state index in [1.165, 1.54) is 0 Å². The van der Waals surface area contributed by atoms with Crippen molar-refractivity contribution in [3.8, 4) is 45.2 Å². The maximum absolute atomic E-state index is 11.3. The monoisotopic (exact) mass is 830 g/mol. The van der Waals surface area contributed by atoms with Gasteiger partial charge >= 0.3 is 0 Å². The van der Waals surface area contributed by atoms with E-state index in [0.29, 0.717) is 39.7 Å². The summed E-state index contributed by atoms with van der Waals surface area (Å²) in [6, 6.07) is 44.1. The van der Waals surface area contributed by atoms with Gasteiger partial charge in [0.15, 0.2) is 5.58 Å². The molecule has 0 amide bonds. The number of aromatic nitrogens is 4. The van der Waals surface area contributed by atoms with E-state index in [9.17, 15) is 5.11 Å². The Kier molecular flexibility index (Phi) is 8.05. The SMILES string of the molecule is CC(C)Cc1cc(-c2nc(-c3cc(-c4ccccc4)ccc3O)c3oc4ccccc4c3n2)[c-]c(-n2c3ccccc3c3cccnc32)c1.[Pt]. The number of aromatic hydroxyl groups is 1. The summed E-state index contributed by atoms with van der Waals surface area (Å²) in [5.74, 6) is 1.04. The van der Waals surface area contributed by atoms with E-state index < -0.39 is 0 Å². The van der Waals surface area contributed by atoms with Gasteiger partial charge in [0, 0.05) is 49.0 Å². The molecular formula is C43H31N4O2Pt-. The normalized spacial score (nSPS) is 11.6. The van der Waals surface area contributed by atoms with Gasteiger partial charge in [-0.05, 0) is 71.6 Å². The summed E-state index contributed by atoms with van der Waals surface area (Å²) in [6.07, 6.45) is 2.70. The molecule has 0 aliphatic heterocycles. The van der Waals surface area contributed by atoms with Gasteiger partial charge in [0.05, 0.1) is 11.3 Å². The van der Waals surface area contributed by atoms with Crippen molar-refractivity contribution in [3.63, 3.8) is 0 Å². The van der Waals surface area contributed by atoms with E-state index in [0.717, 1.165) is 61.7 Å². The van der Waals surface area contributed by atoms with E-state index in [-0.39, 0.29) is 26.8 Å². The van der Waals surface area contributed by atoms with Crippen LogP contribution in [-0.4, -0.2) is 24.6 Å². The minimum absolute atomic E-state index is 0. The Morgan fingerprint density at radius 1 is 0.760 bits per heavy atom. The maximum atomic E-state index is 11.3. The first-order valence-electron chi connectivity index (χ1n) is 16.5. The van der Waals surface area contributed by atoms with Crippen molar-refractivity contribution < 1.29 is 30.6 Å². The van der Waals surface area contributed by atoms with Crippen molar-refractivity contribution in [1.29, 1.82) is 0 Å². The number of hydrogen-bond donors (Lipinski definition) is 1. The number of hydrogen-bond acceptors (Lipinski definition) is 5. The number of para-hydroxylation sites is 2. The average Bonchev–Trinajstić information content (AvgIpc) is 3.67. The second kappa shape index (κ2) is 12.7. The molecule has 4 aromatic heterocycles. The number of pyridine rings is 1. The van der Waals surface area contributed by atoms with Crippen molar-refractivity contribution in [2.75, 3.05) is 0 Å². The van der Waals surface area contributed by atoms with Crippen molar-refractivity contribution >= 4 is 44.0 Å². The molecular weight excluding hydrogens is 800 g/mol. The van der Waals surface area contributed by atoms with Gasteiger partial charge in [-0.3, -0.25) is 9.97 Å². The van der Waals surface area contributed by atoms with Crippen molar-refractivity contribution in [2.24, 2.45) is 5.92 Å². The first kappa shape index (κ1) is 31.7. The van der Waals surface area contributed by atoms with E-state index in [2.05, 4.69) is 79.1 Å². The predicted molar refractivity (Wildman–Crippen MR) is 197 cm³/mol.